The van der Waals surface area contributed by atoms with E-state index in [1.165, 1.54) is 30.6 Å². The molecule has 94 valence electrons. The highest BCUT2D eigenvalue weighted by atomic mass is 32.1. The molecular weight excluding hydrogens is 256 g/mol. The van der Waals surface area contributed by atoms with E-state index < -0.39 is 0 Å². The predicted octanol–water partition coefficient (Wildman–Crippen LogP) is 5.77. The molecule has 18 heavy (non-hydrogen) atoms. The standard InChI is InChI=1S/C16H18S2/c1-11-9-15(17-13(11)3)7-5-6-8-16-10-12(2)14(4)18-16/h5-10H,1-4H3/b7-5+,8-6+. The zero-order valence-corrected chi connectivity index (χ0v) is 12.9. The van der Waals surface area contributed by atoms with Crippen LogP contribution in [0.5, 0.6) is 0 Å². The van der Waals surface area contributed by atoms with Crippen LogP contribution in [0.15, 0.2) is 24.3 Å². The summed E-state index contributed by atoms with van der Waals surface area (Å²) in [5.41, 5.74) is 2.77. The summed E-state index contributed by atoms with van der Waals surface area (Å²) in [7, 11) is 0. The molecule has 0 aliphatic heterocycles. The van der Waals surface area contributed by atoms with Gasteiger partial charge in [-0.15, -0.1) is 22.7 Å². The first-order valence-electron chi connectivity index (χ1n) is 6.05. The molecule has 0 unspecified atom stereocenters. The topological polar surface area (TPSA) is 0 Å². The fourth-order valence-electron chi connectivity index (χ4n) is 1.67. The normalized spacial score (nSPS) is 12.0. The van der Waals surface area contributed by atoms with Crippen molar-refractivity contribution in [1.29, 1.82) is 0 Å². The first kappa shape index (κ1) is 13.3. The van der Waals surface area contributed by atoms with Crippen LogP contribution in [0.1, 0.15) is 30.6 Å². The van der Waals surface area contributed by atoms with Gasteiger partial charge in [0.25, 0.3) is 0 Å². The SMILES string of the molecule is Cc1cc(/C=C/C=C/c2cc(C)c(C)s2)sc1C. The third-order valence-corrected chi connectivity index (χ3v) is 5.24. The average molecular weight is 274 g/mol. The predicted molar refractivity (Wildman–Crippen MR) is 85.7 cm³/mol. The van der Waals surface area contributed by atoms with Crippen LogP contribution in [-0.4, -0.2) is 0 Å². The molecule has 0 bridgehead atoms. The molecule has 2 heteroatoms. The van der Waals surface area contributed by atoms with E-state index in [-0.39, 0.29) is 0 Å². The molecule has 0 fully saturated rings. The van der Waals surface area contributed by atoms with Crippen molar-refractivity contribution in [3.05, 3.63) is 54.9 Å². The highest BCUT2D eigenvalue weighted by Crippen LogP contribution is 2.23. The lowest BCUT2D eigenvalue weighted by atomic mass is 10.2. The summed E-state index contributed by atoms with van der Waals surface area (Å²) in [5.74, 6) is 0. The van der Waals surface area contributed by atoms with Crippen molar-refractivity contribution in [2.24, 2.45) is 0 Å². The summed E-state index contributed by atoms with van der Waals surface area (Å²) < 4.78 is 0. The first-order chi connectivity index (χ1) is 8.56. The van der Waals surface area contributed by atoms with E-state index in [0.29, 0.717) is 0 Å². The van der Waals surface area contributed by atoms with Crippen molar-refractivity contribution >= 4 is 34.8 Å². The molecule has 2 rings (SSSR count). The Kier molecular flexibility index (Phi) is 4.20. The summed E-state index contributed by atoms with van der Waals surface area (Å²) in [6.45, 7) is 8.67. The monoisotopic (exact) mass is 274 g/mol. The van der Waals surface area contributed by atoms with Gasteiger partial charge in [-0.25, -0.2) is 0 Å². The van der Waals surface area contributed by atoms with Gasteiger partial charge in [0.1, 0.15) is 0 Å². The van der Waals surface area contributed by atoms with Crippen molar-refractivity contribution in [3.8, 4) is 0 Å². The highest BCUT2D eigenvalue weighted by molar-refractivity contribution is 7.13. The zero-order chi connectivity index (χ0) is 13.1. The lowest BCUT2D eigenvalue weighted by molar-refractivity contribution is 1.44. The lowest BCUT2D eigenvalue weighted by Gasteiger charge is -1.82. The summed E-state index contributed by atoms with van der Waals surface area (Å²) in [5, 5.41) is 0. The van der Waals surface area contributed by atoms with E-state index in [4.69, 9.17) is 0 Å². The smallest absolute Gasteiger partial charge is 0.0275 e. The largest absolute Gasteiger partial charge is 0.141 e. The van der Waals surface area contributed by atoms with Gasteiger partial charge >= 0.3 is 0 Å². The van der Waals surface area contributed by atoms with Crippen LogP contribution in [-0.2, 0) is 0 Å². The number of hydrogen-bond acceptors (Lipinski definition) is 2. The molecule has 0 atom stereocenters. The summed E-state index contributed by atoms with van der Waals surface area (Å²) >= 11 is 3.70. The maximum atomic E-state index is 2.24. The maximum absolute atomic E-state index is 2.24. The van der Waals surface area contributed by atoms with Gasteiger partial charge in [0.2, 0.25) is 0 Å². The number of aryl methyl sites for hydroxylation is 4. The minimum Gasteiger partial charge on any atom is -0.141 e. The van der Waals surface area contributed by atoms with Crippen molar-refractivity contribution in [1.82, 2.24) is 0 Å². The molecule has 2 aromatic rings. The first-order valence-corrected chi connectivity index (χ1v) is 7.68. The van der Waals surface area contributed by atoms with Crippen LogP contribution >= 0.6 is 22.7 Å². The number of thiophene rings is 2. The van der Waals surface area contributed by atoms with Crippen molar-refractivity contribution in [2.45, 2.75) is 27.7 Å². The molecule has 0 aliphatic rings. The Labute approximate surface area is 117 Å². The average Bonchev–Trinajstić information content (AvgIpc) is 2.79. The molecule has 0 aliphatic carbocycles. The summed E-state index contributed by atoms with van der Waals surface area (Å²) in [4.78, 5) is 5.47. The van der Waals surface area contributed by atoms with Crippen LogP contribution in [0.4, 0.5) is 0 Å². The van der Waals surface area contributed by atoms with Gasteiger partial charge < -0.3 is 0 Å². The molecule has 0 saturated carbocycles. The number of rotatable bonds is 3. The van der Waals surface area contributed by atoms with E-state index in [1.807, 2.05) is 22.7 Å². The zero-order valence-electron chi connectivity index (χ0n) is 11.3. The molecule has 2 heterocycles. The van der Waals surface area contributed by atoms with E-state index in [2.05, 4.69) is 64.1 Å². The number of hydrogen-bond donors (Lipinski definition) is 0. The molecule has 0 amide bonds. The molecule has 0 saturated heterocycles. The lowest BCUT2D eigenvalue weighted by Crippen LogP contribution is -1.63. The Balaban J connectivity index is 2.02. The molecule has 0 N–H and O–H groups in total. The van der Waals surface area contributed by atoms with Gasteiger partial charge in [-0.2, -0.15) is 0 Å². The van der Waals surface area contributed by atoms with E-state index in [0.717, 1.165) is 0 Å². The Hall–Kier alpha value is -1.12. The van der Waals surface area contributed by atoms with E-state index in [1.54, 1.807) is 0 Å². The quantitative estimate of drug-likeness (QED) is 0.623. The Morgan fingerprint density at radius 3 is 1.39 bits per heavy atom. The number of allylic oxidation sites excluding steroid dienone is 2. The fourth-order valence-corrected chi connectivity index (χ4v) is 3.58. The Morgan fingerprint density at radius 2 is 1.11 bits per heavy atom. The van der Waals surface area contributed by atoms with Crippen molar-refractivity contribution < 1.29 is 0 Å². The van der Waals surface area contributed by atoms with Gasteiger partial charge in [-0.3, -0.25) is 0 Å². The Morgan fingerprint density at radius 1 is 0.722 bits per heavy atom. The van der Waals surface area contributed by atoms with Crippen LogP contribution < -0.4 is 0 Å². The fraction of sp³-hybridized carbons (Fsp3) is 0.250. The van der Waals surface area contributed by atoms with Gasteiger partial charge in [0.15, 0.2) is 0 Å². The third-order valence-electron chi connectivity index (χ3n) is 3.00. The van der Waals surface area contributed by atoms with Crippen LogP contribution in [0, 0.1) is 27.7 Å². The van der Waals surface area contributed by atoms with Crippen molar-refractivity contribution in [3.63, 3.8) is 0 Å². The molecule has 0 spiro atoms. The van der Waals surface area contributed by atoms with Gasteiger partial charge in [-0.1, -0.05) is 12.2 Å². The second-order valence-corrected chi connectivity index (χ2v) is 7.07. The van der Waals surface area contributed by atoms with E-state index >= 15 is 0 Å². The summed E-state index contributed by atoms with van der Waals surface area (Å²) in [6, 6.07) is 4.48. The van der Waals surface area contributed by atoms with Crippen molar-refractivity contribution in [2.75, 3.05) is 0 Å². The maximum Gasteiger partial charge on any atom is 0.0275 e. The highest BCUT2D eigenvalue weighted by Gasteiger charge is 1.98. The summed E-state index contributed by atoms with van der Waals surface area (Å²) in [6.07, 6.45) is 8.59. The second kappa shape index (κ2) is 5.68. The van der Waals surface area contributed by atoms with Gasteiger partial charge in [-0.05, 0) is 63.1 Å². The minimum absolute atomic E-state index is 1.33. The molecular formula is C16H18S2. The third kappa shape index (κ3) is 3.21. The minimum atomic E-state index is 1.33. The Bertz CT molecular complexity index is 501. The van der Waals surface area contributed by atoms with Crippen LogP contribution in [0.2, 0.25) is 0 Å². The second-order valence-electron chi connectivity index (χ2n) is 4.49. The van der Waals surface area contributed by atoms with Crippen LogP contribution in [0.25, 0.3) is 12.2 Å². The van der Waals surface area contributed by atoms with Crippen LogP contribution in [0.3, 0.4) is 0 Å². The van der Waals surface area contributed by atoms with Gasteiger partial charge in [0, 0.05) is 19.5 Å². The molecule has 2 aromatic heterocycles. The molecule has 0 radical (unpaired) electrons. The van der Waals surface area contributed by atoms with E-state index in [9.17, 15) is 0 Å². The van der Waals surface area contributed by atoms with Gasteiger partial charge in [0.05, 0.1) is 0 Å². The molecule has 0 aromatic carbocycles. The molecule has 0 nitrogen and oxygen atoms in total.